The van der Waals surface area contributed by atoms with Gasteiger partial charge in [-0.2, -0.15) is 5.10 Å². The monoisotopic (exact) mass is 321 g/mol. The van der Waals surface area contributed by atoms with Gasteiger partial charge >= 0.3 is 0 Å². The number of hydrogen-bond donors (Lipinski definition) is 0. The molecule has 22 heavy (non-hydrogen) atoms. The van der Waals surface area contributed by atoms with E-state index in [0.29, 0.717) is 10.9 Å². The van der Waals surface area contributed by atoms with Crippen molar-refractivity contribution in [2.75, 3.05) is 25.4 Å². The second-order valence-electron chi connectivity index (χ2n) is 7.47. The number of nitrogens with zero attached hydrogens (tertiary/aromatic N) is 3. The minimum absolute atomic E-state index is 0.489. The molecule has 0 N–H and O–H groups in total. The highest BCUT2D eigenvalue weighted by Crippen LogP contribution is 2.46. The summed E-state index contributed by atoms with van der Waals surface area (Å²) in [4.78, 5) is 2.55. The summed E-state index contributed by atoms with van der Waals surface area (Å²) in [5.41, 5.74) is 1.33. The number of aryl methyl sites for hydroxylation is 1. The number of aromatic nitrogens is 2. The minimum Gasteiger partial charge on any atom is -0.377 e. The second kappa shape index (κ2) is 6.17. The molecule has 1 unspecified atom stereocenters. The molecular weight excluding hydrogens is 294 g/mol. The van der Waals surface area contributed by atoms with Crippen LogP contribution in [0.25, 0.3) is 0 Å². The Kier molecular flexibility index (Phi) is 4.22. The lowest BCUT2D eigenvalue weighted by Crippen LogP contribution is -2.58. The van der Waals surface area contributed by atoms with E-state index in [4.69, 9.17) is 4.74 Å². The maximum absolute atomic E-state index is 6.22. The van der Waals surface area contributed by atoms with Gasteiger partial charge in [-0.15, -0.1) is 11.8 Å². The zero-order chi connectivity index (χ0) is 15.0. The van der Waals surface area contributed by atoms with Gasteiger partial charge in [0.25, 0.3) is 0 Å². The smallest absolute Gasteiger partial charge is 0.0680 e. The van der Waals surface area contributed by atoms with E-state index >= 15 is 0 Å². The molecule has 4 rings (SSSR count). The molecular formula is C17H27N3OS. The van der Waals surface area contributed by atoms with Gasteiger partial charge in [-0.25, -0.2) is 0 Å². The predicted molar refractivity (Wildman–Crippen MR) is 90.0 cm³/mol. The normalized spacial score (nSPS) is 28.5. The molecule has 1 atom stereocenters. The van der Waals surface area contributed by atoms with Crippen LogP contribution >= 0.6 is 11.8 Å². The van der Waals surface area contributed by atoms with Crippen molar-refractivity contribution in [3.63, 3.8) is 0 Å². The Labute approximate surface area is 137 Å². The molecule has 5 heteroatoms. The highest BCUT2D eigenvalue weighted by molar-refractivity contribution is 8.01. The van der Waals surface area contributed by atoms with Gasteiger partial charge in [0.2, 0.25) is 0 Å². The van der Waals surface area contributed by atoms with Gasteiger partial charge in [0, 0.05) is 55.5 Å². The van der Waals surface area contributed by atoms with E-state index in [2.05, 4.69) is 28.0 Å². The van der Waals surface area contributed by atoms with Gasteiger partial charge in [0.15, 0.2) is 0 Å². The molecule has 1 aromatic rings. The molecule has 3 heterocycles. The third kappa shape index (κ3) is 3.22. The van der Waals surface area contributed by atoms with Crippen molar-refractivity contribution in [3.05, 3.63) is 18.0 Å². The van der Waals surface area contributed by atoms with Gasteiger partial charge in [0.05, 0.1) is 12.3 Å². The van der Waals surface area contributed by atoms with Crippen LogP contribution in [0.4, 0.5) is 0 Å². The van der Waals surface area contributed by atoms with E-state index in [1.807, 2.05) is 17.9 Å². The Morgan fingerprint density at radius 1 is 1.36 bits per heavy atom. The predicted octanol–water partition coefficient (Wildman–Crippen LogP) is 2.69. The zero-order valence-corrected chi connectivity index (χ0v) is 14.4. The lowest BCUT2D eigenvalue weighted by atomic mass is 9.92. The van der Waals surface area contributed by atoms with E-state index in [9.17, 15) is 0 Å². The minimum atomic E-state index is 0.489. The van der Waals surface area contributed by atoms with Crippen molar-refractivity contribution in [1.29, 1.82) is 0 Å². The first-order valence-corrected chi connectivity index (χ1v) is 9.65. The van der Waals surface area contributed by atoms with Gasteiger partial charge in [-0.1, -0.05) is 12.8 Å². The lowest BCUT2D eigenvalue weighted by molar-refractivity contribution is 0.0193. The van der Waals surface area contributed by atoms with E-state index in [1.54, 1.807) is 0 Å². The first-order valence-electron chi connectivity index (χ1n) is 8.66. The fourth-order valence-electron chi connectivity index (χ4n) is 4.27. The van der Waals surface area contributed by atoms with Crippen LogP contribution in [-0.4, -0.2) is 51.0 Å². The van der Waals surface area contributed by atoms with Crippen molar-refractivity contribution in [2.45, 2.75) is 49.5 Å². The Balaban J connectivity index is 1.20. The molecule has 1 aromatic heterocycles. The zero-order valence-electron chi connectivity index (χ0n) is 13.5. The Morgan fingerprint density at radius 2 is 2.18 bits per heavy atom. The summed E-state index contributed by atoms with van der Waals surface area (Å²) in [6, 6.07) is 0. The van der Waals surface area contributed by atoms with Crippen LogP contribution in [0.2, 0.25) is 0 Å². The summed E-state index contributed by atoms with van der Waals surface area (Å²) in [7, 11) is 1.99. The highest BCUT2D eigenvalue weighted by atomic mass is 32.2. The lowest BCUT2D eigenvalue weighted by Gasteiger charge is -2.47. The second-order valence-corrected chi connectivity index (χ2v) is 8.96. The standard InChI is InChI=1S/C17H27N3OS/c1-19-8-15(7-18-19)9-20-12-17(13-20)6-16(11-22-17)21-10-14-4-2-3-5-14/h7-8,14,16H,2-6,9-13H2,1H3. The van der Waals surface area contributed by atoms with E-state index in [0.717, 1.165) is 19.1 Å². The quantitative estimate of drug-likeness (QED) is 0.834. The van der Waals surface area contributed by atoms with Crippen LogP contribution in [0.1, 0.15) is 37.7 Å². The molecule has 0 amide bonds. The molecule has 4 nitrogen and oxygen atoms in total. The van der Waals surface area contributed by atoms with E-state index < -0.39 is 0 Å². The molecule has 1 saturated carbocycles. The first kappa shape index (κ1) is 15.0. The largest absolute Gasteiger partial charge is 0.377 e. The van der Waals surface area contributed by atoms with Crippen LogP contribution in [-0.2, 0) is 18.3 Å². The average molecular weight is 321 g/mol. The average Bonchev–Trinajstić information content (AvgIpc) is 3.17. The van der Waals surface area contributed by atoms with Crippen LogP contribution in [0.5, 0.6) is 0 Å². The summed E-state index contributed by atoms with van der Waals surface area (Å²) < 4.78 is 8.60. The highest BCUT2D eigenvalue weighted by Gasteiger charge is 2.49. The summed E-state index contributed by atoms with van der Waals surface area (Å²) in [5.74, 6) is 2.05. The van der Waals surface area contributed by atoms with Crippen LogP contribution in [0.3, 0.4) is 0 Å². The van der Waals surface area contributed by atoms with Crippen LogP contribution in [0, 0.1) is 5.92 Å². The molecule has 2 aliphatic heterocycles. The van der Waals surface area contributed by atoms with Crippen molar-refractivity contribution < 1.29 is 4.74 Å². The van der Waals surface area contributed by atoms with Crippen molar-refractivity contribution in [1.82, 2.24) is 14.7 Å². The number of rotatable bonds is 5. The molecule has 2 saturated heterocycles. The Hall–Kier alpha value is -0.520. The molecule has 3 fully saturated rings. The molecule has 3 aliphatic rings. The fourth-order valence-corrected chi connectivity index (χ4v) is 5.88. The van der Waals surface area contributed by atoms with Crippen molar-refractivity contribution in [2.24, 2.45) is 13.0 Å². The SMILES string of the molecule is Cn1cc(CN2CC3(CC(OCC4CCCC4)CS3)C2)cn1. The third-order valence-electron chi connectivity index (χ3n) is 5.41. The Bertz CT molecular complexity index is 506. The van der Waals surface area contributed by atoms with Crippen LogP contribution < -0.4 is 0 Å². The number of likely N-dealkylation sites (tertiary alicyclic amines) is 1. The maximum Gasteiger partial charge on any atom is 0.0680 e. The summed E-state index contributed by atoms with van der Waals surface area (Å²) >= 11 is 2.15. The number of ether oxygens (including phenoxy) is 1. The molecule has 0 aromatic carbocycles. The summed E-state index contributed by atoms with van der Waals surface area (Å²) in [5, 5.41) is 4.26. The van der Waals surface area contributed by atoms with Gasteiger partial charge < -0.3 is 4.74 Å². The first-order chi connectivity index (χ1) is 10.7. The third-order valence-corrected chi connectivity index (χ3v) is 6.98. The fraction of sp³-hybridized carbons (Fsp3) is 0.824. The van der Waals surface area contributed by atoms with E-state index in [-0.39, 0.29) is 0 Å². The van der Waals surface area contributed by atoms with Gasteiger partial charge in [0.1, 0.15) is 0 Å². The molecule has 0 radical (unpaired) electrons. The van der Waals surface area contributed by atoms with Gasteiger partial charge in [-0.05, 0) is 25.2 Å². The molecule has 122 valence electrons. The van der Waals surface area contributed by atoms with E-state index in [1.165, 1.54) is 56.5 Å². The molecule has 1 spiro atoms. The number of hydrogen-bond acceptors (Lipinski definition) is 4. The topological polar surface area (TPSA) is 30.3 Å². The van der Waals surface area contributed by atoms with Crippen molar-refractivity contribution in [3.8, 4) is 0 Å². The van der Waals surface area contributed by atoms with Gasteiger partial charge in [-0.3, -0.25) is 9.58 Å². The molecule has 1 aliphatic carbocycles. The van der Waals surface area contributed by atoms with Crippen LogP contribution in [0.15, 0.2) is 12.4 Å². The maximum atomic E-state index is 6.22. The summed E-state index contributed by atoms with van der Waals surface area (Å²) in [6.45, 7) is 4.50. The molecule has 0 bridgehead atoms. The Morgan fingerprint density at radius 3 is 2.91 bits per heavy atom. The van der Waals surface area contributed by atoms with Crippen molar-refractivity contribution >= 4 is 11.8 Å². The summed E-state index contributed by atoms with van der Waals surface area (Å²) in [6.07, 6.45) is 11.5. The number of thioether (sulfide) groups is 1.